The van der Waals surface area contributed by atoms with Crippen LogP contribution in [0.25, 0.3) is 27.7 Å². The van der Waals surface area contributed by atoms with Gasteiger partial charge in [-0.3, -0.25) is 18.8 Å². The number of aromatic nitrogens is 5. The summed E-state index contributed by atoms with van der Waals surface area (Å²) in [6.07, 6.45) is -1.28. The highest BCUT2D eigenvalue weighted by Gasteiger charge is 2.36. The first-order chi connectivity index (χ1) is 24.0. The second kappa shape index (κ2) is 12.9. The van der Waals surface area contributed by atoms with Crippen LogP contribution in [-0.2, 0) is 18.0 Å². The number of rotatable bonds is 6. The van der Waals surface area contributed by atoms with Gasteiger partial charge < -0.3 is 14.8 Å². The van der Waals surface area contributed by atoms with Crippen molar-refractivity contribution in [2.24, 2.45) is 7.05 Å². The normalized spacial score (nSPS) is 11.9. The summed E-state index contributed by atoms with van der Waals surface area (Å²) in [4.78, 5) is 38.9. The van der Waals surface area contributed by atoms with Gasteiger partial charge in [-0.1, -0.05) is 0 Å². The molecule has 262 valence electrons. The number of anilines is 1. The molecule has 3 heterocycles. The van der Waals surface area contributed by atoms with Crippen molar-refractivity contribution in [3.63, 3.8) is 0 Å². The van der Waals surface area contributed by atoms with Gasteiger partial charge in [0.15, 0.2) is 11.6 Å². The third kappa shape index (κ3) is 7.20. The zero-order valence-corrected chi connectivity index (χ0v) is 27.3. The summed E-state index contributed by atoms with van der Waals surface area (Å²) in [6, 6.07) is 11.6. The SMILES string of the molecule is Cn1ncc2cc(Oc3ccc(NC(=O)c4ccc(C(F)(F)F)n(-c5ccc(F)cc5)c4=O)cc3F)c(-c3cnn(C(=O)OC(C)(C)C)c3)cc21. The first kappa shape index (κ1) is 34.5. The number of alkyl halides is 3. The summed E-state index contributed by atoms with van der Waals surface area (Å²) in [5.41, 5.74) is -3.07. The van der Waals surface area contributed by atoms with Gasteiger partial charge in [0.1, 0.15) is 28.4 Å². The summed E-state index contributed by atoms with van der Waals surface area (Å²) in [5, 5.41) is 11.3. The minimum absolute atomic E-state index is 0.140. The standard InChI is InChI=1S/C35H27F5N6O5/c1-34(2,3)51-33(49)45-18-20(17-42-45)25-15-27-19(16-41-44(27)4)13-29(25)50-28-11-7-22(14-26(28)37)43-31(47)24-10-12-30(35(38,39)40)46(32(24)48)23-8-5-21(36)6-9-23/h5-18H,1-4H3,(H,43,47). The van der Waals surface area contributed by atoms with E-state index in [0.717, 1.165) is 35.0 Å². The molecule has 1 N–H and O–H groups in total. The zero-order chi connectivity index (χ0) is 36.8. The number of ether oxygens (including phenoxy) is 2. The molecule has 3 aromatic heterocycles. The molecule has 0 fully saturated rings. The lowest BCUT2D eigenvalue weighted by atomic mass is 10.1. The maximum atomic E-state index is 15.5. The molecule has 0 spiro atoms. The van der Waals surface area contributed by atoms with Crippen molar-refractivity contribution in [1.82, 2.24) is 24.1 Å². The van der Waals surface area contributed by atoms with Crippen molar-refractivity contribution in [3.05, 3.63) is 119 Å². The molecule has 0 saturated heterocycles. The number of nitrogens with one attached hydrogen (secondary N) is 1. The number of nitrogens with zero attached hydrogens (tertiary/aromatic N) is 5. The monoisotopic (exact) mass is 706 g/mol. The quantitative estimate of drug-likeness (QED) is 0.176. The Morgan fingerprint density at radius 2 is 1.59 bits per heavy atom. The summed E-state index contributed by atoms with van der Waals surface area (Å²) in [6.45, 7) is 5.14. The molecule has 0 aliphatic rings. The predicted molar refractivity (Wildman–Crippen MR) is 175 cm³/mol. The first-order valence-electron chi connectivity index (χ1n) is 15.1. The second-order valence-electron chi connectivity index (χ2n) is 12.3. The number of hydrogen-bond donors (Lipinski definition) is 1. The fraction of sp³-hybridized carbons (Fsp3) is 0.171. The van der Waals surface area contributed by atoms with Crippen LogP contribution in [0.15, 0.2) is 90.1 Å². The van der Waals surface area contributed by atoms with Gasteiger partial charge >= 0.3 is 12.3 Å². The second-order valence-corrected chi connectivity index (χ2v) is 12.3. The number of amides is 1. The van der Waals surface area contributed by atoms with Crippen LogP contribution in [0.2, 0.25) is 0 Å². The van der Waals surface area contributed by atoms with Crippen LogP contribution < -0.4 is 15.6 Å². The van der Waals surface area contributed by atoms with Crippen molar-refractivity contribution in [2.75, 3.05) is 5.32 Å². The highest BCUT2D eigenvalue weighted by Crippen LogP contribution is 2.38. The topological polar surface area (TPSA) is 122 Å². The highest BCUT2D eigenvalue weighted by atomic mass is 19.4. The number of halogens is 5. The van der Waals surface area contributed by atoms with Crippen molar-refractivity contribution in [1.29, 1.82) is 0 Å². The number of carbonyl (C=O) groups excluding carboxylic acids is 2. The molecule has 0 bridgehead atoms. The molecule has 1 amide bonds. The largest absolute Gasteiger partial charge is 0.454 e. The minimum atomic E-state index is -4.98. The summed E-state index contributed by atoms with van der Waals surface area (Å²) >= 11 is 0. The van der Waals surface area contributed by atoms with Crippen LogP contribution in [0, 0.1) is 11.6 Å². The van der Waals surface area contributed by atoms with E-state index in [1.807, 2.05) is 0 Å². The number of benzene rings is 3. The zero-order valence-electron chi connectivity index (χ0n) is 27.3. The number of fused-ring (bicyclic) bond motifs is 1. The van der Waals surface area contributed by atoms with Gasteiger partial charge in [0.05, 0.1) is 17.9 Å². The van der Waals surface area contributed by atoms with Crippen LogP contribution in [0.4, 0.5) is 32.4 Å². The van der Waals surface area contributed by atoms with Gasteiger partial charge in [-0.05, 0) is 81.4 Å². The van der Waals surface area contributed by atoms with E-state index in [9.17, 15) is 31.9 Å². The van der Waals surface area contributed by atoms with E-state index >= 15 is 4.39 Å². The van der Waals surface area contributed by atoms with E-state index in [2.05, 4.69) is 15.5 Å². The lowest BCUT2D eigenvalue weighted by molar-refractivity contribution is -0.142. The van der Waals surface area contributed by atoms with Gasteiger partial charge in [0, 0.05) is 47.2 Å². The number of carbonyl (C=O) groups is 2. The highest BCUT2D eigenvalue weighted by molar-refractivity contribution is 6.04. The number of aryl methyl sites for hydroxylation is 1. The minimum Gasteiger partial charge on any atom is -0.454 e. The Kier molecular flexibility index (Phi) is 8.70. The van der Waals surface area contributed by atoms with E-state index in [4.69, 9.17) is 9.47 Å². The van der Waals surface area contributed by atoms with E-state index in [0.29, 0.717) is 34.2 Å². The maximum absolute atomic E-state index is 15.5. The molecule has 3 aromatic carbocycles. The van der Waals surface area contributed by atoms with Crippen LogP contribution in [-0.4, -0.2) is 41.7 Å². The van der Waals surface area contributed by atoms with E-state index in [1.54, 1.807) is 50.8 Å². The van der Waals surface area contributed by atoms with Gasteiger partial charge in [-0.25, -0.2) is 13.6 Å². The van der Waals surface area contributed by atoms with Gasteiger partial charge in [-0.15, -0.1) is 0 Å². The predicted octanol–water partition coefficient (Wildman–Crippen LogP) is 7.71. The van der Waals surface area contributed by atoms with Crippen LogP contribution in [0.1, 0.15) is 36.8 Å². The van der Waals surface area contributed by atoms with Gasteiger partial charge in [0.25, 0.3) is 11.5 Å². The molecule has 11 nitrogen and oxygen atoms in total. The molecule has 0 aliphatic heterocycles. The lowest BCUT2D eigenvalue weighted by Gasteiger charge is -2.18. The molecule has 0 unspecified atom stereocenters. The van der Waals surface area contributed by atoms with E-state index in [-0.39, 0.29) is 27.4 Å². The molecule has 6 rings (SSSR count). The molecule has 16 heteroatoms. The molecule has 0 aliphatic carbocycles. The average Bonchev–Trinajstić information content (AvgIpc) is 3.68. The third-order valence-corrected chi connectivity index (χ3v) is 7.43. The van der Waals surface area contributed by atoms with Crippen LogP contribution in [0.3, 0.4) is 0 Å². The molecular weight excluding hydrogens is 679 g/mol. The van der Waals surface area contributed by atoms with Crippen molar-refractivity contribution < 1.29 is 41.0 Å². The first-order valence-corrected chi connectivity index (χ1v) is 15.1. The Morgan fingerprint density at radius 1 is 0.863 bits per heavy atom. The van der Waals surface area contributed by atoms with Crippen LogP contribution in [0.5, 0.6) is 11.5 Å². The van der Waals surface area contributed by atoms with Crippen molar-refractivity contribution in [3.8, 4) is 28.3 Å². The summed E-state index contributed by atoms with van der Waals surface area (Å²) < 4.78 is 84.5. The molecule has 6 aromatic rings. The molecule has 0 saturated carbocycles. The molecule has 0 radical (unpaired) electrons. The maximum Gasteiger partial charge on any atom is 0.435 e. The summed E-state index contributed by atoms with van der Waals surface area (Å²) in [7, 11) is 1.73. The lowest BCUT2D eigenvalue weighted by Crippen LogP contribution is -2.32. The third-order valence-electron chi connectivity index (χ3n) is 7.43. The molecule has 51 heavy (non-hydrogen) atoms. The fourth-order valence-electron chi connectivity index (χ4n) is 5.12. The molecule has 0 atom stereocenters. The van der Waals surface area contributed by atoms with Crippen molar-refractivity contribution >= 4 is 28.6 Å². The van der Waals surface area contributed by atoms with Gasteiger partial charge in [0.2, 0.25) is 0 Å². The molecular formula is C35H27F5N6O5. The Morgan fingerprint density at radius 3 is 2.25 bits per heavy atom. The van der Waals surface area contributed by atoms with Crippen LogP contribution >= 0.6 is 0 Å². The smallest absolute Gasteiger partial charge is 0.435 e. The van der Waals surface area contributed by atoms with Gasteiger partial charge in [-0.2, -0.15) is 28.1 Å². The van der Waals surface area contributed by atoms with Crippen molar-refractivity contribution in [2.45, 2.75) is 32.5 Å². The Labute approximate surface area is 285 Å². The fourth-order valence-corrected chi connectivity index (χ4v) is 5.12. The Balaban J connectivity index is 1.29. The average molecular weight is 707 g/mol. The summed E-state index contributed by atoms with van der Waals surface area (Å²) in [5.74, 6) is -2.91. The number of hydrogen-bond acceptors (Lipinski definition) is 7. The Bertz CT molecular complexity index is 2370. The van der Waals surface area contributed by atoms with E-state index < -0.39 is 52.2 Å². The Hall–Kier alpha value is -6.32. The number of pyridine rings is 1. The van der Waals surface area contributed by atoms with E-state index in [1.165, 1.54) is 24.5 Å².